The molecule has 4 rings (SSSR count). The second-order valence-corrected chi connectivity index (χ2v) is 8.81. The molecule has 2 heterocycles. The average Bonchev–Trinajstić information content (AvgIpc) is 3.09. The number of hydrogen-bond acceptors (Lipinski definition) is 2. The van der Waals surface area contributed by atoms with Gasteiger partial charge in [-0.1, -0.05) is 55.5 Å². The second kappa shape index (κ2) is 8.96. The monoisotopic (exact) mass is 388 g/mol. The number of Topliss-reactive ketones (excluding diaryl/α,β-unsaturated/α-hetero) is 1. The number of para-hydroxylation sites is 1. The topological polar surface area (TPSA) is 25.2 Å². The van der Waals surface area contributed by atoms with E-state index in [1.807, 2.05) is 6.07 Å². The minimum atomic E-state index is 0.146. The minimum absolute atomic E-state index is 0.146. The predicted octanol–water partition coefficient (Wildman–Crippen LogP) is 5.43. The van der Waals surface area contributed by atoms with Crippen LogP contribution in [-0.2, 0) is 13.0 Å². The molecular weight excluding hydrogens is 356 g/mol. The van der Waals surface area contributed by atoms with Crippen LogP contribution in [-0.4, -0.2) is 34.9 Å². The van der Waals surface area contributed by atoms with E-state index in [-0.39, 0.29) is 5.78 Å². The third kappa shape index (κ3) is 4.79. The fourth-order valence-corrected chi connectivity index (χ4v) is 4.83. The van der Waals surface area contributed by atoms with Crippen molar-refractivity contribution in [2.45, 2.75) is 39.7 Å². The fourth-order valence-electron chi connectivity index (χ4n) is 4.83. The molecule has 3 aromatic rings. The second-order valence-electron chi connectivity index (χ2n) is 8.81. The summed E-state index contributed by atoms with van der Waals surface area (Å²) in [7, 11) is 0. The maximum absolute atomic E-state index is 12.0. The first kappa shape index (κ1) is 19.9. The van der Waals surface area contributed by atoms with Crippen LogP contribution in [0.25, 0.3) is 10.9 Å². The molecule has 152 valence electrons. The van der Waals surface area contributed by atoms with E-state index in [0.717, 1.165) is 30.0 Å². The van der Waals surface area contributed by atoms with Gasteiger partial charge in [-0.15, -0.1) is 0 Å². The summed E-state index contributed by atoms with van der Waals surface area (Å²) in [5.74, 6) is 1.51. The molecule has 2 aromatic carbocycles. The highest BCUT2D eigenvalue weighted by Crippen LogP contribution is 2.25. The number of likely N-dealkylation sites (tertiary alicyclic amines) is 1. The number of carbonyl (C=O) groups excluding carboxylic acids is 1. The molecule has 0 amide bonds. The van der Waals surface area contributed by atoms with Crippen LogP contribution in [0.5, 0.6) is 0 Å². The van der Waals surface area contributed by atoms with Crippen LogP contribution in [0.4, 0.5) is 0 Å². The maximum Gasteiger partial charge on any atom is 0.161 e. The average molecular weight is 389 g/mol. The van der Waals surface area contributed by atoms with Crippen molar-refractivity contribution >= 4 is 16.7 Å². The van der Waals surface area contributed by atoms with Crippen molar-refractivity contribution < 1.29 is 4.79 Å². The number of piperidine rings is 1. The molecule has 0 radical (unpaired) electrons. The molecule has 0 saturated carbocycles. The third-order valence-electron chi connectivity index (χ3n) is 6.32. The number of nitrogens with zero attached hydrogens (tertiary/aromatic N) is 2. The van der Waals surface area contributed by atoms with Crippen molar-refractivity contribution in [1.82, 2.24) is 9.47 Å². The van der Waals surface area contributed by atoms with Crippen molar-refractivity contribution in [2.75, 3.05) is 19.6 Å². The van der Waals surface area contributed by atoms with Crippen LogP contribution in [0.15, 0.2) is 60.8 Å². The summed E-state index contributed by atoms with van der Waals surface area (Å²) in [6.07, 6.45) is 5.86. The molecule has 1 atom stereocenters. The largest absolute Gasteiger partial charge is 0.346 e. The molecular formula is C26H32N2O. The van der Waals surface area contributed by atoms with Gasteiger partial charge in [0.15, 0.2) is 5.78 Å². The van der Waals surface area contributed by atoms with Gasteiger partial charge in [-0.05, 0) is 62.7 Å². The van der Waals surface area contributed by atoms with Gasteiger partial charge >= 0.3 is 0 Å². The Kier molecular flexibility index (Phi) is 6.15. The van der Waals surface area contributed by atoms with Gasteiger partial charge in [-0.25, -0.2) is 0 Å². The van der Waals surface area contributed by atoms with E-state index in [0.29, 0.717) is 5.92 Å². The fraction of sp³-hybridized carbons (Fsp3) is 0.423. The first-order valence-corrected chi connectivity index (χ1v) is 10.9. The third-order valence-corrected chi connectivity index (χ3v) is 6.32. The number of carbonyl (C=O) groups is 1. The van der Waals surface area contributed by atoms with E-state index in [9.17, 15) is 4.79 Å². The molecule has 3 nitrogen and oxygen atoms in total. The summed E-state index contributed by atoms with van der Waals surface area (Å²) in [6, 6.07) is 19.2. The van der Waals surface area contributed by atoms with E-state index >= 15 is 0 Å². The number of benzene rings is 2. The quantitative estimate of drug-likeness (QED) is 0.504. The van der Waals surface area contributed by atoms with Gasteiger partial charge in [0.05, 0.1) is 0 Å². The number of aromatic nitrogens is 1. The van der Waals surface area contributed by atoms with Gasteiger partial charge in [-0.3, -0.25) is 4.79 Å². The number of rotatable bonds is 7. The van der Waals surface area contributed by atoms with Crippen molar-refractivity contribution in [3.8, 4) is 0 Å². The van der Waals surface area contributed by atoms with Crippen molar-refractivity contribution in [3.05, 3.63) is 71.9 Å². The SMILES string of the molecule is CC(=O)c1cn(CC(C)CN2CCC(Cc3ccccc3)CC2)c2ccccc12. The van der Waals surface area contributed by atoms with E-state index in [1.54, 1.807) is 6.92 Å². The first-order valence-electron chi connectivity index (χ1n) is 10.9. The number of hydrogen-bond donors (Lipinski definition) is 0. The zero-order valence-corrected chi connectivity index (χ0v) is 17.7. The lowest BCUT2D eigenvalue weighted by molar-refractivity contribution is 0.101. The molecule has 0 spiro atoms. The number of ketones is 1. The lowest BCUT2D eigenvalue weighted by atomic mass is 9.90. The van der Waals surface area contributed by atoms with Crippen LogP contribution in [0.1, 0.15) is 42.6 Å². The summed E-state index contributed by atoms with van der Waals surface area (Å²) in [5, 5.41) is 1.08. The molecule has 0 N–H and O–H groups in total. The Bertz CT molecular complexity index is 951. The lowest BCUT2D eigenvalue weighted by Crippen LogP contribution is -2.37. The van der Waals surface area contributed by atoms with Crippen molar-refractivity contribution in [2.24, 2.45) is 11.8 Å². The molecule has 1 unspecified atom stereocenters. The van der Waals surface area contributed by atoms with Gasteiger partial charge in [0.1, 0.15) is 0 Å². The van der Waals surface area contributed by atoms with E-state index < -0.39 is 0 Å². The zero-order chi connectivity index (χ0) is 20.2. The molecule has 1 aliphatic rings. The Morgan fingerprint density at radius 2 is 1.69 bits per heavy atom. The molecule has 0 bridgehead atoms. The molecule has 29 heavy (non-hydrogen) atoms. The molecule has 1 aliphatic heterocycles. The van der Waals surface area contributed by atoms with E-state index in [2.05, 4.69) is 71.1 Å². The Hall–Kier alpha value is -2.39. The summed E-state index contributed by atoms with van der Waals surface area (Å²) >= 11 is 0. The Morgan fingerprint density at radius 1 is 1.00 bits per heavy atom. The number of fused-ring (bicyclic) bond motifs is 1. The lowest BCUT2D eigenvalue weighted by Gasteiger charge is -2.33. The van der Waals surface area contributed by atoms with Crippen LogP contribution >= 0.6 is 0 Å². The predicted molar refractivity (Wildman–Crippen MR) is 120 cm³/mol. The van der Waals surface area contributed by atoms with Gasteiger partial charge < -0.3 is 9.47 Å². The van der Waals surface area contributed by atoms with Crippen LogP contribution < -0.4 is 0 Å². The van der Waals surface area contributed by atoms with Crippen molar-refractivity contribution in [1.29, 1.82) is 0 Å². The highest BCUT2D eigenvalue weighted by molar-refractivity contribution is 6.06. The molecule has 1 fully saturated rings. The van der Waals surface area contributed by atoms with E-state index in [1.165, 1.54) is 43.4 Å². The van der Waals surface area contributed by atoms with E-state index in [4.69, 9.17) is 0 Å². The zero-order valence-electron chi connectivity index (χ0n) is 17.7. The Morgan fingerprint density at radius 3 is 2.41 bits per heavy atom. The van der Waals surface area contributed by atoms with Crippen molar-refractivity contribution in [3.63, 3.8) is 0 Å². The van der Waals surface area contributed by atoms with Gasteiger partial charge in [0.2, 0.25) is 0 Å². The Balaban J connectivity index is 1.32. The molecule has 0 aliphatic carbocycles. The first-order chi connectivity index (χ1) is 14.1. The molecule has 3 heteroatoms. The Labute approximate surface area is 174 Å². The smallest absolute Gasteiger partial charge is 0.161 e. The standard InChI is InChI=1S/C26H32N2O/c1-20(18-28-19-25(21(2)29)24-10-6-7-11-26(24)28)17-27-14-12-23(13-15-27)16-22-8-4-3-5-9-22/h3-11,19-20,23H,12-18H2,1-2H3. The van der Waals surface area contributed by atoms with Gasteiger partial charge in [0.25, 0.3) is 0 Å². The van der Waals surface area contributed by atoms with Crippen LogP contribution in [0.2, 0.25) is 0 Å². The minimum Gasteiger partial charge on any atom is -0.346 e. The van der Waals surface area contributed by atoms with Crippen LogP contribution in [0.3, 0.4) is 0 Å². The van der Waals surface area contributed by atoms with Crippen LogP contribution in [0, 0.1) is 11.8 Å². The normalized spacial score (nSPS) is 16.9. The molecule has 1 saturated heterocycles. The summed E-state index contributed by atoms with van der Waals surface area (Å²) < 4.78 is 2.28. The maximum atomic E-state index is 12.0. The highest BCUT2D eigenvalue weighted by Gasteiger charge is 2.21. The summed E-state index contributed by atoms with van der Waals surface area (Å²) in [6.45, 7) is 8.48. The molecule has 1 aromatic heterocycles. The highest BCUT2D eigenvalue weighted by atomic mass is 16.1. The summed E-state index contributed by atoms with van der Waals surface area (Å²) in [4.78, 5) is 14.6. The summed E-state index contributed by atoms with van der Waals surface area (Å²) in [5.41, 5.74) is 3.49. The van der Waals surface area contributed by atoms with Gasteiger partial charge in [0, 0.05) is 35.8 Å². The van der Waals surface area contributed by atoms with Gasteiger partial charge in [-0.2, -0.15) is 0 Å².